The molecule has 1 aliphatic heterocycles. The zero-order valence-corrected chi connectivity index (χ0v) is 17.3. The highest BCUT2D eigenvalue weighted by Gasteiger charge is 2.27. The van der Waals surface area contributed by atoms with E-state index in [2.05, 4.69) is 26.6 Å². The van der Waals surface area contributed by atoms with Crippen LogP contribution in [0.4, 0.5) is 15.3 Å². The molecule has 0 radical (unpaired) electrons. The summed E-state index contributed by atoms with van der Waals surface area (Å²) in [5.74, 6) is -0.190. The van der Waals surface area contributed by atoms with E-state index in [4.69, 9.17) is 4.74 Å². The Hall–Kier alpha value is -2.29. The molecular formula is C18H25BrN4O4. The molecule has 9 heteroatoms. The Kier molecular flexibility index (Phi) is 7.06. The molecule has 1 heterocycles. The van der Waals surface area contributed by atoms with Crippen molar-refractivity contribution in [2.24, 2.45) is 0 Å². The van der Waals surface area contributed by atoms with Gasteiger partial charge in [-0.2, -0.15) is 0 Å². The number of nitrogens with zero attached hydrogens (tertiary/aromatic N) is 2. The van der Waals surface area contributed by atoms with Crippen molar-refractivity contribution in [1.82, 2.24) is 15.1 Å². The third kappa shape index (κ3) is 7.09. The number of piperazine rings is 1. The monoisotopic (exact) mass is 440 g/mol. The number of hydrogen-bond acceptors (Lipinski definition) is 4. The molecule has 0 spiro atoms. The second-order valence-corrected chi connectivity index (χ2v) is 8.08. The Morgan fingerprint density at radius 2 is 1.59 bits per heavy atom. The topological polar surface area (TPSA) is 91.0 Å². The Balaban J connectivity index is 1.72. The molecule has 2 N–H and O–H groups in total. The van der Waals surface area contributed by atoms with Crippen molar-refractivity contribution >= 4 is 39.6 Å². The third-order valence-electron chi connectivity index (χ3n) is 3.79. The lowest BCUT2D eigenvalue weighted by Crippen LogP contribution is -2.53. The normalized spacial score (nSPS) is 14.5. The molecule has 1 aromatic carbocycles. The van der Waals surface area contributed by atoms with Gasteiger partial charge in [0.05, 0.1) is 6.54 Å². The summed E-state index contributed by atoms with van der Waals surface area (Å²) in [5, 5.41) is 5.21. The largest absolute Gasteiger partial charge is 0.444 e. The molecule has 0 aliphatic carbocycles. The lowest BCUT2D eigenvalue weighted by atomic mass is 10.2. The van der Waals surface area contributed by atoms with Crippen molar-refractivity contribution in [3.05, 3.63) is 28.7 Å². The van der Waals surface area contributed by atoms with Gasteiger partial charge in [0.25, 0.3) is 0 Å². The van der Waals surface area contributed by atoms with Gasteiger partial charge >= 0.3 is 12.1 Å². The van der Waals surface area contributed by atoms with Gasteiger partial charge in [0.1, 0.15) is 5.60 Å². The maximum atomic E-state index is 12.2. The minimum Gasteiger partial charge on any atom is -0.444 e. The number of carbonyl (C=O) groups excluding carboxylic acids is 3. The predicted octanol–water partition coefficient (Wildman–Crippen LogP) is 2.65. The van der Waals surface area contributed by atoms with Gasteiger partial charge in [-0.05, 0) is 45.0 Å². The lowest BCUT2D eigenvalue weighted by molar-refractivity contribution is -0.131. The van der Waals surface area contributed by atoms with E-state index >= 15 is 0 Å². The number of nitrogens with one attached hydrogen (secondary N) is 2. The molecule has 27 heavy (non-hydrogen) atoms. The van der Waals surface area contributed by atoms with E-state index in [-0.39, 0.29) is 18.5 Å². The van der Waals surface area contributed by atoms with Crippen molar-refractivity contribution in [1.29, 1.82) is 0 Å². The van der Waals surface area contributed by atoms with Gasteiger partial charge in [0.15, 0.2) is 0 Å². The molecule has 148 valence electrons. The van der Waals surface area contributed by atoms with Gasteiger partial charge < -0.3 is 25.2 Å². The number of carbonyl (C=O) groups is 3. The van der Waals surface area contributed by atoms with Crippen molar-refractivity contribution < 1.29 is 19.1 Å². The van der Waals surface area contributed by atoms with Crippen LogP contribution in [0.2, 0.25) is 0 Å². The molecule has 1 aromatic rings. The van der Waals surface area contributed by atoms with E-state index in [0.717, 1.165) is 4.47 Å². The molecule has 1 aliphatic rings. The molecule has 0 bridgehead atoms. The Labute approximate surface area is 167 Å². The van der Waals surface area contributed by atoms with Gasteiger partial charge in [-0.15, -0.1) is 0 Å². The molecular weight excluding hydrogens is 416 g/mol. The van der Waals surface area contributed by atoms with Gasteiger partial charge in [0, 0.05) is 36.3 Å². The van der Waals surface area contributed by atoms with Crippen LogP contribution in [-0.4, -0.2) is 66.2 Å². The molecule has 4 amide bonds. The number of halogens is 1. The fourth-order valence-electron chi connectivity index (χ4n) is 2.44. The maximum absolute atomic E-state index is 12.2. The van der Waals surface area contributed by atoms with Crippen LogP contribution >= 0.6 is 15.9 Å². The first-order valence-electron chi connectivity index (χ1n) is 8.70. The van der Waals surface area contributed by atoms with E-state index < -0.39 is 11.6 Å². The van der Waals surface area contributed by atoms with Crippen LogP contribution in [0, 0.1) is 0 Å². The number of ether oxygens (including phenoxy) is 1. The van der Waals surface area contributed by atoms with Gasteiger partial charge in [-0.25, -0.2) is 9.59 Å². The van der Waals surface area contributed by atoms with Gasteiger partial charge in [-0.3, -0.25) is 4.79 Å². The summed E-state index contributed by atoms with van der Waals surface area (Å²) in [6.07, 6.45) is -0.374. The first-order chi connectivity index (χ1) is 12.6. The zero-order chi connectivity index (χ0) is 20.0. The van der Waals surface area contributed by atoms with E-state index in [0.29, 0.717) is 31.9 Å². The highest BCUT2D eigenvalue weighted by Crippen LogP contribution is 2.14. The molecule has 2 rings (SSSR count). The second-order valence-electron chi connectivity index (χ2n) is 7.16. The number of anilines is 1. The Bertz CT molecular complexity index is 680. The molecule has 1 saturated heterocycles. The standard InChI is InChI=1S/C18H25BrN4O4/c1-18(2,3)27-17(26)23-10-8-22(9-11-23)15(24)12-20-16(25)21-14-6-4-13(19)5-7-14/h4-7H,8-12H2,1-3H3,(H2,20,21,25). The first-order valence-corrected chi connectivity index (χ1v) is 9.49. The van der Waals surface area contributed by atoms with E-state index in [1.54, 1.807) is 21.9 Å². The summed E-state index contributed by atoms with van der Waals surface area (Å²) in [6.45, 7) is 6.98. The van der Waals surface area contributed by atoms with Crippen LogP contribution in [0.5, 0.6) is 0 Å². The summed E-state index contributed by atoms with van der Waals surface area (Å²) in [6, 6.07) is 6.68. The van der Waals surface area contributed by atoms with Crippen molar-refractivity contribution in [2.75, 3.05) is 38.0 Å². The SMILES string of the molecule is CC(C)(C)OC(=O)N1CCN(C(=O)CNC(=O)Nc2ccc(Br)cc2)CC1. The minimum absolute atomic E-state index is 0.102. The minimum atomic E-state index is -0.545. The fourth-order valence-corrected chi connectivity index (χ4v) is 2.71. The average Bonchev–Trinajstić information content (AvgIpc) is 2.60. The number of hydrogen-bond donors (Lipinski definition) is 2. The maximum Gasteiger partial charge on any atom is 0.410 e. The van der Waals surface area contributed by atoms with E-state index in [1.165, 1.54) is 0 Å². The first kappa shape index (κ1) is 21.0. The van der Waals surface area contributed by atoms with Crippen molar-refractivity contribution in [3.63, 3.8) is 0 Å². The zero-order valence-electron chi connectivity index (χ0n) is 15.8. The summed E-state index contributed by atoms with van der Waals surface area (Å²) in [5.41, 5.74) is 0.0880. The number of rotatable bonds is 3. The van der Waals surface area contributed by atoms with Gasteiger partial charge in [-0.1, -0.05) is 15.9 Å². The van der Waals surface area contributed by atoms with Crippen LogP contribution in [-0.2, 0) is 9.53 Å². The van der Waals surface area contributed by atoms with E-state index in [1.807, 2.05) is 32.9 Å². The average molecular weight is 441 g/mol. The summed E-state index contributed by atoms with van der Waals surface area (Å²) >= 11 is 3.32. The summed E-state index contributed by atoms with van der Waals surface area (Å²) in [4.78, 5) is 39.4. The molecule has 0 atom stereocenters. The molecule has 8 nitrogen and oxygen atoms in total. The molecule has 0 aromatic heterocycles. The lowest BCUT2D eigenvalue weighted by Gasteiger charge is -2.35. The fraction of sp³-hybridized carbons (Fsp3) is 0.500. The highest BCUT2D eigenvalue weighted by molar-refractivity contribution is 9.10. The van der Waals surface area contributed by atoms with Crippen molar-refractivity contribution in [3.8, 4) is 0 Å². The van der Waals surface area contributed by atoms with E-state index in [9.17, 15) is 14.4 Å². The molecule has 0 unspecified atom stereocenters. The number of urea groups is 1. The summed E-state index contributed by atoms with van der Waals surface area (Å²) in [7, 11) is 0. The highest BCUT2D eigenvalue weighted by atomic mass is 79.9. The van der Waals surface area contributed by atoms with Crippen LogP contribution in [0.1, 0.15) is 20.8 Å². The van der Waals surface area contributed by atoms with Crippen LogP contribution < -0.4 is 10.6 Å². The van der Waals surface area contributed by atoms with Crippen LogP contribution in [0.25, 0.3) is 0 Å². The van der Waals surface area contributed by atoms with Crippen LogP contribution in [0.15, 0.2) is 28.7 Å². The summed E-state index contributed by atoms with van der Waals surface area (Å²) < 4.78 is 6.24. The number of amides is 4. The quantitative estimate of drug-likeness (QED) is 0.755. The predicted molar refractivity (Wildman–Crippen MR) is 106 cm³/mol. The molecule has 0 saturated carbocycles. The second kappa shape index (κ2) is 9.07. The van der Waals surface area contributed by atoms with Gasteiger partial charge in [0.2, 0.25) is 5.91 Å². The Morgan fingerprint density at radius 1 is 1.04 bits per heavy atom. The number of benzene rings is 1. The smallest absolute Gasteiger partial charge is 0.410 e. The molecule has 1 fully saturated rings. The third-order valence-corrected chi connectivity index (χ3v) is 4.31. The Morgan fingerprint density at radius 3 is 2.15 bits per heavy atom. The van der Waals surface area contributed by atoms with Crippen molar-refractivity contribution in [2.45, 2.75) is 26.4 Å². The van der Waals surface area contributed by atoms with Crippen LogP contribution in [0.3, 0.4) is 0 Å².